The first kappa shape index (κ1) is 14.5. The van der Waals surface area contributed by atoms with Gasteiger partial charge in [0, 0.05) is 18.7 Å². The van der Waals surface area contributed by atoms with E-state index in [4.69, 9.17) is 10.2 Å². The first-order valence-corrected chi connectivity index (χ1v) is 7.15. The first-order chi connectivity index (χ1) is 9.40. The molecule has 0 fully saturated rings. The molecule has 2 aromatic rings. The van der Waals surface area contributed by atoms with Gasteiger partial charge in [0.1, 0.15) is 10.7 Å². The van der Waals surface area contributed by atoms with Crippen molar-refractivity contribution in [2.45, 2.75) is 11.3 Å². The van der Waals surface area contributed by atoms with Crippen LogP contribution in [0.5, 0.6) is 0 Å². The zero-order valence-corrected chi connectivity index (χ0v) is 11.1. The summed E-state index contributed by atoms with van der Waals surface area (Å²) in [5.41, 5.74) is 5.15. The lowest BCUT2D eigenvalue weighted by Gasteiger charge is -2.08. The van der Waals surface area contributed by atoms with Crippen molar-refractivity contribution in [3.05, 3.63) is 47.9 Å². The Kier molecular flexibility index (Phi) is 4.05. The SMILES string of the molecule is Nc1cc(F)c(F)c(S(=O)(=O)NCCc2ccco2)c1. The highest BCUT2D eigenvalue weighted by molar-refractivity contribution is 7.89. The maximum absolute atomic E-state index is 13.5. The quantitative estimate of drug-likeness (QED) is 0.823. The van der Waals surface area contributed by atoms with E-state index < -0.39 is 26.6 Å². The number of benzene rings is 1. The molecule has 0 saturated heterocycles. The molecule has 20 heavy (non-hydrogen) atoms. The van der Waals surface area contributed by atoms with Gasteiger partial charge in [-0.2, -0.15) is 0 Å². The molecule has 1 heterocycles. The van der Waals surface area contributed by atoms with Gasteiger partial charge < -0.3 is 10.2 Å². The number of nitrogen functional groups attached to an aromatic ring is 1. The van der Waals surface area contributed by atoms with Gasteiger partial charge in [-0.3, -0.25) is 0 Å². The van der Waals surface area contributed by atoms with Crippen LogP contribution in [-0.2, 0) is 16.4 Å². The van der Waals surface area contributed by atoms with Crippen LogP contribution < -0.4 is 10.5 Å². The summed E-state index contributed by atoms with van der Waals surface area (Å²) in [6.07, 6.45) is 1.75. The molecule has 0 amide bonds. The van der Waals surface area contributed by atoms with Crippen molar-refractivity contribution in [3.63, 3.8) is 0 Å². The van der Waals surface area contributed by atoms with Gasteiger partial charge in [-0.25, -0.2) is 21.9 Å². The Balaban J connectivity index is 2.14. The van der Waals surface area contributed by atoms with E-state index in [2.05, 4.69) is 4.72 Å². The summed E-state index contributed by atoms with van der Waals surface area (Å²) >= 11 is 0. The van der Waals surface area contributed by atoms with Crippen LogP contribution in [0.25, 0.3) is 0 Å². The predicted octanol–water partition coefficient (Wildman–Crippen LogP) is 1.66. The van der Waals surface area contributed by atoms with Crippen LogP contribution in [0, 0.1) is 11.6 Å². The molecule has 0 unspecified atom stereocenters. The van der Waals surface area contributed by atoms with Crippen LogP contribution in [0.4, 0.5) is 14.5 Å². The van der Waals surface area contributed by atoms with Crippen LogP contribution in [0.3, 0.4) is 0 Å². The molecule has 0 spiro atoms. The van der Waals surface area contributed by atoms with Crippen LogP contribution in [0.1, 0.15) is 5.76 Å². The van der Waals surface area contributed by atoms with E-state index in [1.165, 1.54) is 6.26 Å². The summed E-state index contributed by atoms with van der Waals surface area (Å²) in [5.74, 6) is -2.19. The Morgan fingerprint density at radius 3 is 2.70 bits per heavy atom. The van der Waals surface area contributed by atoms with Gasteiger partial charge in [-0.05, 0) is 24.3 Å². The summed E-state index contributed by atoms with van der Waals surface area (Å²) in [4.78, 5) is -0.811. The minimum atomic E-state index is -4.18. The lowest BCUT2D eigenvalue weighted by atomic mass is 10.3. The molecule has 0 aliphatic carbocycles. The second-order valence-corrected chi connectivity index (χ2v) is 5.78. The van der Waals surface area contributed by atoms with Crippen LogP contribution in [-0.4, -0.2) is 15.0 Å². The van der Waals surface area contributed by atoms with Gasteiger partial charge in [-0.15, -0.1) is 0 Å². The number of rotatable bonds is 5. The average molecular weight is 302 g/mol. The van der Waals surface area contributed by atoms with Gasteiger partial charge >= 0.3 is 0 Å². The number of halogens is 2. The normalized spacial score (nSPS) is 11.7. The van der Waals surface area contributed by atoms with Crippen LogP contribution in [0.15, 0.2) is 39.8 Å². The molecule has 1 aromatic carbocycles. The molecule has 0 atom stereocenters. The van der Waals surface area contributed by atoms with Crippen molar-refractivity contribution in [2.75, 3.05) is 12.3 Å². The van der Waals surface area contributed by atoms with Crippen molar-refractivity contribution in [3.8, 4) is 0 Å². The monoisotopic (exact) mass is 302 g/mol. The maximum Gasteiger partial charge on any atom is 0.243 e. The molecule has 0 aliphatic heterocycles. The number of anilines is 1. The number of hydrogen-bond acceptors (Lipinski definition) is 4. The fourth-order valence-corrected chi connectivity index (χ4v) is 2.77. The molecule has 3 N–H and O–H groups in total. The van der Waals surface area contributed by atoms with Crippen molar-refractivity contribution < 1.29 is 21.6 Å². The third-order valence-corrected chi connectivity index (χ3v) is 4.01. The number of sulfonamides is 1. The standard InChI is InChI=1S/C12H12F2N2O3S/c13-10-6-8(15)7-11(12(10)14)20(17,18)16-4-3-9-2-1-5-19-9/h1-2,5-7,16H,3-4,15H2. The van der Waals surface area contributed by atoms with Gasteiger partial charge in [0.2, 0.25) is 10.0 Å². The lowest BCUT2D eigenvalue weighted by Crippen LogP contribution is -2.27. The minimum Gasteiger partial charge on any atom is -0.469 e. The van der Waals surface area contributed by atoms with E-state index in [-0.39, 0.29) is 12.2 Å². The molecule has 0 aliphatic rings. The molecule has 0 saturated carbocycles. The van der Waals surface area contributed by atoms with Crippen molar-refractivity contribution in [2.24, 2.45) is 0 Å². The molecule has 2 rings (SSSR count). The van der Waals surface area contributed by atoms with Gasteiger partial charge in [0.05, 0.1) is 6.26 Å². The third-order valence-electron chi connectivity index (χ3n) is 2.55. The van der Waals surface area contributed by atoms with E-state index in [9.17, 15) is 17.2 Å². The van der Waals surface area contributed by atoms with Crippen LogP contribution in [0.2, 0.25) is 0 Å². The largest absolute Gasteiger partial charge is 0.469 e. The molecule has 108 valence electrons. The zero-order valence-electron chi connectivity index (χ0n) is 10.3. The predicted molar refractivity (Wildman–Crippen MR) is 68.4 cm³/mol. The number of hydrogen-bond donors (Lipinski definition) is 2. The molecular weight excluding hydrogens is 290 g/mol. The molecule has 8 heteroatoms. The second kappa shape index (κ2) is 5.59. The van der Waals surface area contributed by atoms with E-state index >= 15 is 0 Å². The van der Waals surface area contributed by atoms with E-state index in [0.717, 1.165) is 12.1 Å². The topological polar surface area (TPSA) is 85.3 Å². The first-order valence-electron chi connectivity index (χ1n) is 5.67. The highest BCUT2D eigenvalue weighted by atomic mass is 32.2. The van der Waals surface area contributed by atoms with Crippen molar-refractivity contribution >= 4 is 15.7 Å². The summed E-state index contributed by atoms with van der Waals surface area (Å²) in [7, 11) is -4.18. The summed E-state index contributed by atoms with van der Waals surface area (Å²) in [5, 5.41) is 0. The average Bonchev–Trinajstić information content (AvgIpc) is 2.86. The highest BCUT2D eigenvalue weighted by Crippen LogP contribution is 2.20. The lowest BCUT2D eigenvalue weighted by molar-refractivity contribution is 0.482. The van der Waals surface area contributed by atoms with E-state index in [1.807, 2.05) is 0 Å². The Morgan fingerprint density at radius 1 is 1.30 bits per heavy atom. The Hall–Kier alpha value is -1.93. The fourth-order valence-electron chi connectivity index (χ4n) is 1.62. The van der Waals surface area contributed by atoms with E-state index in [0.29, 0.717) is 12.2 Å². The number of nitrogens with two attached hydrogens (primary N) is 1. The minimum absolute atomic E-state index is 0.00823. The zero-order chi connectivity index (χ0) is 14.8. The second-order valence-electron chi connectivity index (χ2n) is 4.04. The van der Waals surface area contributed by atoms with Crippen molar-refractivity contribution in [1.29, 1.82) is 0 Å². The Bertz CT molecular complexity index is 700. The third kappa shape index (κ3) is 3.14. The number of nitrogens with one attached hydrogen (secondary N) is 1. The van der Waals surface area contributed by atoms with E-state index in [1.54, 1.807) is 12.1 Å². The Labute approximate surface area is 114 Å². The number of furan rings is 1. The van der Waals surface area contributed by atoms with Gasteiger partial charge in [0.15, 0.2) is 11.6 Å². The highest BCUT2D eigenvalue weighted by Gasteiger charge is 2.22. The van der Waals surface area contributed by atoms with Gasteiger partial charge in [0.25, 0.3) is 0 Å². The molecule has 1 aromatic heterocycles. The molecule has 5 nitrogen and oxygen atoms in total. The summed E-state index contributed by atoms with van der Waals surface area (Å²) in [6.45, 7) is -0.00823. The van der Waals surface area contributed by atoms with Gasteiger partial charge in [-0.1, -0.05) is 0 Å². The fraction of sp³-hybridized carbons (Fsp3) is 0.167. The summed E-state index contributed by atoms with van der Waals surface area (Å²) < 4.78 is 57.6. The molecule has 0 radical (unpaired) electrons. The maximum atomic E-state index is 13.5. The van der Waals surface area contributed by atoms with Crippen LogP contribution >= 0.6 is 0 Å². The Morgan fingerprint density at radius 2 is 2.05 bits per heavy atom. The summed E-state index contributed by atoms with van der Waals surface area (Å²) in [6, 6.07) is 4.93. The molecule has 0 bridgehead atoms. The molecular formula is C12H12F2N2O3S. The van der Waals surface area contributed by atoms with Crippen molar-refractivity contribution in [1.82, 2.24) is 4.72 Å². The smallest absolute Gasteiger partial charge is 0.243 e.